The predicted octanol–water partition coefficient (Wildman–Crippen LogP) is 1.91. The first-order chi connectivity index (χ1) is 10.5. The zero-order valence-corrected chi connectivity index (χ0v) is 19.7. The molecule has 0 aliphatic carbocycles. The van der Waals surface area contributed by atoms with E-state index in [1.54, 1.807) is 0 Å². The third-order valence-electron chi connectivity index (χ3n) is 3.80. The topological polar surface area (TPSA) is 28.2 Å². The Morgan fingerprint density at radius 1 is 0.826 bits per heavy atom. The molecule has 0 unspecified atom stereocenters. The molecule has 0 aliphatic heterocycles. The second-order valence-electron chi connectivity index (χ2n) is 5.42. The molecule has 2 aromatic heterocycles. The van der Waals surface area contributed by atoms with Crippen LogP contribution in [0.15, 0.2) is 18.6 Å². The van der Waals surface area contributed by atoms with Gasteiger partial charge in [0.15, 0.2) is 0 Å². The van der Waals surface area contributed by atoms with Crippen molar-refractivity contribution in [2.24, 2.45) is 0 Å². The molecule has 4 heteroatoms. The monoisotopic (exact) mass is 338 g/mol. The maximum atomic E-state index is 4.12. The molecule has 2 heterocycles. The summed E-state index contributed by atoms with van der Waals surface area (Å²) < 4.78 is 0. The SMILES string of the molecule is CCc1c[n-]cc1CC.C[CH2][Al+][CH2]C.Cc1c[n-]c(C)c1C.[Na+]. The zero-order chi connectivity index (χ0) is 17.0. The molecule has 2 nitrogen and oxygen atoms in total. The smallest absolute Gasteiger partial charge is 0.667 e. The van der Waals surface area contributed by atoms with Crippen LogP contribution in [0.5, 0.6) is 0 Å². The van der Waals surface area contributed by atoms with Crippen molar-refractivity contribution < 1.29 is 29.6 Å². The Kier molecular flexibility index (Phi) is 17.2. The average Bonchev–Trinajstić information content (AvgIpc) is 3.11. The average molecular weight is 338 g/mol. The van der Waals surface area contributed by atoms with E-state index in [2.05, 4.69) is 51.5 Å². The zero-order valence-electron chi connectivity index (χ0n) is 16.5. The van der Waals surface area contributed by atoms with Gasteiger partial charge in [-0.05, 0) is 26.7 Å². The van der Waals surface area contributed by atoms with Crippen molar-refractivity contribution in [2.45, 2.75) is 71.9 Å². The molecule has 0 amide bonds. The Morgan fingerprint density at radius 2 is 1.30 bits per heavy atom. The summed E-state index contributed by atoms with van der Waals surface area (Å²) >= 11 is 0.815. The normalized spacial score (nSPS) is 8.83. The maximum absolute atomic E-state index is 4.12. The van der Waals surface area contributed by atoms with Gasteiger partial charge in [-0.15, -0.1) is 0 Å². The van der Waals surface area contributed by atoms with Crippen molar-refractivity contribution in [3.05, 3.63) is 46.5 Å². The summed E-state index contributed by atoms with van der Waals surface area (Å²) in [6.45, 7) is 15.0. The molecule has 23 heavy (non-hydrogen) atoms. The van der Waals surface area contributed by atoms with Gasteiger partial charge in [0.1, 0.15) is 0 Å². The molecule has 0 atom stereocenters. The fraction of sp³-hybridized carbons (Fsp3) is 0.579. The van der Waals surface area contributed by atoms with Crippen LogP contribution in [-0.2, 0) is 12.8 Å². The fourth-order valence-electron chi connectivity index (χ4n) is 1.98. The molecule has 122 valence electrons. The standard InChI is InChI=1S/C8H12N.C7H10N.2C2H5.Al.Na/c1-3-7-5-9-6-8(7)4-2;1-5-4-8-7(3)6(5)2;2*1-2;;/h5-6H,3-4H2,1-2H3;4H,1-3H3;2*1H2,2H3;;/q2*-1;;;2*+1. The second-order valence-corrected chi connectivity index (χ2v) is 7.63. The Bertz CT molecular complexity index is 463. The van der Waals surface area contributed by atoms with E-state index in [0.717, 1.165) is 33.8 Å². The van der Waals surface area contributed by atoms with Crippen molar-refractivity contribution in [2.75, 3.05) is 0 Å². The molecule has 0 N–H and O–H groups in total. The van der Waals surface area contributed by atoms with E-state index >= 15 is 0 Å². The first-order valence-corrected chi connectivity index (χ1v) is 10.1. The number of aromatic nitrogens is 2. The van der Waals surface area contributed by atoms with Crippen LogP contribution in [0.1, 0.15) is 55.6 Å². The molecular weight excluding hydrogens is 306 g/mol. The van der Waals surface area contributed by atoms with Crippen LogP contribution < -0.4 is 39.5 Å². The molecule has 2 rings (SSSR count). The second kappa shape index (κ2) is 15.6. The molecule has 0 fully saturated rings. The summed E-state index contributed by atoms with van der Waals surface area (Å²) in [5.74, 6) is 0. The van der Waals surface area contributed by atoms with E-state index in [1.165, 1.54) is 32.8 Å². The third kappa shape index (κ3) is 10.5. The van der Waals surface area contributed by atoms with E-state index in [4.69, 9.17) is 0 Å². The van der Waals surface area contributed by atoms with Crippen LogP contribution in [0.25, 0.3) is 0 Å². The Labute approximate surface area is 172 Å². The summed E-state index contributed by atoms with van der Waals surface area (Å²) in [6.07, 6.45) is 8.05. The number of rotatable bonds is 4. The van der Waals surface area contributed by atoms with Crippen LogP contribution in [0.2, 0.25) is 10.6 Å². The first kappa shape index (κ1) is 25.3. The van der Waals surface area contributed by atoms with Gasteiger partial charge in [-0.1, -0.05) is 43.0 Å². The van der Waals surface area contributed by atoms with Gasteiger partial charge in [-0.3, -0.25) is 0 Å². The fourth-order valence-corrected chi connectivity index (χ4v) is 2.56. The molecule has 0 spiro atoms. The molecule has 2 aromatic rings. The largest absolute Gasteiger partial charge is 1.00 e. The van der Waals surface area contributed by atoms with Gasteiger partial charge in [0.2, 0.25) is 0 Å². The Hall–Kier alpha value is 0.0925. The molecule has 0 saturated carbocycles. The summed E-state index contributed by atoms with van der Waals surface area (Å²) in [4.78, 5) is 8.18. The van der Waals surface area contributed by atoms with Crippen molar-refractivity contribution >= 4 is 15.2 Å². The number of hydrogen-bond acceptors (Lipinski definition) is 0. The van der Waals surface area contributed by atoms with Gasteiger partial charge in [0.05, 0.1) is 0 Å². The van der Waals surface area contributed by atoms with Crippen LogP contribution in [0, 0.1) is 20.8 Å². The van der Waals surface area contributed by atoms with E-state index in [-0.39, 0.29) is 29.6 Å². The van der Waals surface area contributed by atoms with Crippen LogP contribution >= 0.6 is 0 Å². The van der Waals surface area contributed by atoms with Crippen molar-refractivity contribution in [3.8, 4) is 0 Å². The number of nitrogens with zero attached hydrogens (tertiary/aromatic N) is 2. The Balaban J connectivity index is 0. The van der Waals surface area contributed by atoms with E-state index in [1.807, 2.05) is 25.5 Å². The molecule has 0 saturated heterocycles. The van der Waals surface area contributed by atoms with E-state index < -0.39 is 0 Å². The molecule has 0 radical (unpaired) electrons. The van der Waals surface area contributed by atoms with Crippen LogP contribution in [0.3, 0.4) is 0 Å². The van der Waals surface area contributed by atoms with Gasteiger partial charge in [0.25, 0.3) is 0 Å². The molecule has 0 aromatic carbocycles. The van der Waals surface area contributed by atoms with Gasteiger partial charge in [-0.25, -0.2) is 0 Å². The van der Waals surface area contributed by atoms with Crippen molar-refractivity contribution in [3.63, 3.8) is 0 Å². The summed E-state index contributed by atoms with van der Waals surface area (Å²) in [6, 6.07) is 0. The number of hydrogen-bond donors (Lipinski definition) is 0. The molecule has 0 aliphatic rings. The van der Waals surface area contributed by atoms with Crippen molar-refractivity contribution in [1.82, 2.24) is 9.97 Å². The van der Waals surface area contributed by atoms with E-state index in [9.17, 15) is 0 Å². The van der Waals surface area contributed by atoms with Gasteiger partial charge in [-0.2, -0.15) is 24.3 Å². The van der Waals surface area contributed by atoms with Crippen LogP contribution in [-0.4, -0.2) is 15.2 Å². The predicted molar refractivity (Wildman–Crippen MR) is 99.2 cm³/mol. The number of aryl methyl sites for hydroxylation is 4. The van der Waals surface area contributed by atoms with Crippen molar-refractivity contribution in [1.29, 1.82) is 0 Å². The summed E-state index contributed by atoms with van der Waals surface area (Å²) in [5.41, 5.74) is 6.57. The molecule has 0 bridgehead atoms. The quantitative estimate of drug-likeness (QED) is 0.797. The third-order valence-corrected chi connectivity index (χ3v) is 4.95. The minimum Gasteiger partial charge on any atom is -0.667 e. The summed E-state index contributed by atoms with van der Waals surface area (Å²) in [5, 5.41) is 2.85. The minimum absolute atomic E-state index is 0. The minimum atomic E-state index is 0. The van der Waals surface area contributed by atoms with Gasteiger partial charge >= 0.3 is 69.2 Å². The van der Waals surface area contributed by atoms with Gasteiger partial charge < -0.3 is 9.97 Å². The molecular formula is C19H32AlN2Na. The van der Waals surface area contributed by atoms with Crippen LogP contribution in [0.4, 0.5) is 0 Å². The Morgan fingerprint density at radius 3 is 1.48 bits per heavy atom. The van der Waals surface area contributed by atoms with E-state index in [0.29, 0.717) is 0 Å². The van der Waals surface area contributed by atoms with Gasteiger partial charge in [0, 0.05) is 0 Å². The maximum Gasteiger partial charge on any atom is 1.00 e. The summed E-state index contributed by atoms with van der Waals surface area (Å²) in [7, 11) is 0. The first-order valence-electron chi connectivity index (χ1n) is 8.47.